The van der Waals surface area contributed by atoms with Gasteiger partial charge >= 0.3 is 0 Å². The van der Waals surface area contributed by atoms with Crippen LogP contribution in [-0.4, -0.2) is 11.0 Å². The first-order valence-electron chi connectivity index (χ1n) is 6.08. The van der Waals surface area contributed by atoms with E-state index in [1.165, 1.54) is 22.7 Å². The molecule has 2 N–H and O–H groups in total. The molecular formula is C13H16N2S2. The number of hydrogen-bond donors (Lipinski definition) is 1. The van der Waals surface area contributed by atoms with E-state index in [-0.39, 0.29) is 0 Å². The minimum absolute atomic E-state index is 0.419. The Morgan fingerprint density at radius 2 is 2.00 bits per heavy atom. The SMILES string of the molecule is NC1CCC(c2nc(-c3cccs3)cs2)CC1. The highest BCUT2D eigenvalue weighted by Crippen LogP contribution is 2.36. The first-order chi connectivity index (χ1) is 8.33. The highest BCUT2D eigenvalue weighted by Gasteiger charge is 2.22. The quantitative estimate of drug-likeness (QED) is 0.894. The molecule has 0 unspecified atom stereocenters. The van der Waals surface area contributed by atoms with E-state index >= 15 is 0 Å². The predicted molar refractivity (Wildman–Crippen MR) is 74.6 cm³/mol. The maximum atomic E-state index is 5.94. The van der Waals surface area contributed by atoms with Crippen LogP contribution in [0, 0.1) is 0 Å². The Morgan fingerprint density at radius 3 is 2.71 bits per heavy atom. The topological polar surface area (TPSA) is 38.9 Å². The number of aromatic nitrogens is 1. The van der Waals surface area contributed by atoms with E-state index in [0.29, 0.717) is 12.0 Å². The van der Waals surface area contributed by atoms with Crippen LogP contribution < -0.4 is 5.73 Å². The molecule has 0 bridgehead atoms. The van der Waals surface area contributed by atoms with Crippen LogP contribution in [-0.2, 0) is 0 Å². The maximum absolute atomic E-state index is 5.94. The lowest BCUT2D eigenvalue weighted by Gasteiger charge is -2.24. The van der Waals surface area contributed by atoms with E-state index in [4.69, 9.17) is 10.7 Å². The van der Waals surface area contributed by atoms with Crippen molar-refractivity contribution in [3.05, 3.63) is 27.9 Å². The smallest absolute Gasteiger partial charge is 0.0963 e. The van der Waals surface area contributed by atoms with Gasteiger partial charge in [0, 0.05) is 17.3 Å². The van der Waals surface area contributed by atoms with Gasteiger partial charge in [-0.3, -0.25) is 0 Å². The molecule has 0 aliphatic heterocycles. The largest absolute Gasteiger partial charge is 0.328 e. The van der Waals surface area contributed by atoms with Crippen LogP contribution in [0.15, 0.2) is 22.9 Å². The minimum Gasteiger partial charge on any atom is -0.328 e. The molecule has 2 nitrogen and oxygen atoms in total. The molecule has 17 heavy (non-hydrogen) atoms. The number of thiophene rings is 1. The molecule has 0 saturated heterocycles. The number of nitrogens with zero attached hydrogens (tertiary/aromatic N) is 1. The lowest BCUT2D eigenvalue weighted by molar-refractivity contribution is 0.395. The third-order valence-corrected chi connectivity index (χ3v) is 5.32. The Hall–Kier alpha value is -0.710. The zero-order valence-electron chi connectivity index (χ0n) is 9.63. The summed E-state index contributed by atoms with van der Waals surface area (Å²) < 4.78 is 0. The van der Waals surface area contributed by atoms with Crippen LogP contribution in [0.5, 0.6) is 0 Å². The zero-order valence-corrected chi connectivity index (χ0v) is 11.3. The Morgan fingerprint density at radius 1 is 1.18 bits per heavy atom. The van der Waals surface area contributed by atoms with E-state index in [9.17, 15) is 0 Å². The van der Waals surface area contributed by atoms with Gasteiger partial charge in [-0.05, 0) is 37.1 Å². The molecule has 1 fully saturated rings. The van der Waals surface area contributed by atoms with Crippen molar-refractivity contribution in [3.8, 4) is 10.6 Å². The second-order valence-corrected chi connectivity index (χ2v) is 6.50. The Kier molecular flexibility index (Phi) is 3.27. The Balaban J connectivity index is 1.76. The summed E-state index contributed by atoms with van der Waals surface area (Å²) in [7, 11) is 0. The van der Waals surface area contributed by atoms with E-state index in [1.54, 1.807) is 11.3 Å². The first kappa shape index (κ1) is 11.4. The molecule has 4 heteroatoms. The van der Waals surface area contributed by atoms with Crippen molar-refractivity contribution < 1.29 is 0 Å². The molecule has 1 saturated carbocycles. The summed E-state index contributed by atoms with van der Waals surface area (Å²) in [6, 6.07) is 4.64. The molecule has 90 valence electrons. The third-order valence-electron chi connectivity index (χ3n) is 3.42. The van der Waals surface area contributed by atoms with Crippen LogP contribution in [0.3, 0.4) is 0 Å². The van der Waals surface area contributed by atoms with Gasteiger partial charge in [-0.1, -0.05) is 6.07 Å². The van der Waals surface area contributed by atoms with Crippen molar-refractivity contribution in [3.63, 3.8) is 0 Å². The number of hydrogen-bond acceptors (Lipinski definition) is 4. The summed E-state index contributed by atoms with van der Waals surface area (Å²) in [5, 5.41) is 5.60. The number of thiazole rings is 1. The molecular weight excluding hydrogens is 248 g/mol. The second kappa shape index (κ2) is 4.88. The highest BCUT2D eigenvalue weighted by atomic mass is 32.1. The third kappa shape index (κ3) is 2.44. The van der Waals surface area contributed by atoms with Gasteiger partial charge in [0.25, 0.3) is 0 Å². The fourth-order valence-corrected chi connectivity index (χ4v) is 4.13. The number of rotatable bonds is 2. The fourth-order valence-electron chi connectivity index (χ4n) is 2.38. The summed E-state index contributed by atoms with van der Waals surface area (Å²) in [4.78, 5) is 6.07. The lowest BCUT2D eigenvalue weighted by atomic mass is 9.87. The molecule has 2 aromatic rings. The van der Waals surface area contributed by atoms with Crippen molar-refractivity contribution in [1.82, 2.24) is 4.98 Å². The molecule has 0 amide bonds. The van der Waals surface area contributed by atoms with Gasteiger partial charge in [-0.15, -0.1) is 22.7 Å². The van der Waals surface area contributed by atoms with Crippen molar-refractivity contribution >= 4 is 22.7 Å². The van der Waals surface area contributed by atoms with Gasteiger partial charge in [0.2, 0.25) is 0 Å². The molecule has 0 radical (unpaired) electrons. The van der Waals surface area contributed by atoms with Gasteiger partial charge in [0.1, 0.15) is 0 Å². The van der Waals surface area contributed by atoms with E-state index in [2.05, 4.69) is 22.9 Å². The van der Waals surface area contributed by atoms with Crippen LogP contribution in [0.2, 0.25) is 0 Å². The molecule has 1 aliphatic rings. The summed E-state index contributed by atoms with van der Waals surface area (Å²) in [5.74, 6) is 0.647. The van der Waals surface area contributed by atoms with Gasteiger partial charge in [-0.2, -0.15) is 0 Å². The van der Waals surface area contributed by atoms with Crippen LogP contribution in [0.25, 0.3) is 10.6 Å². The lowest BCUT2D eigenvalue weighted by Crippen LogP contribution is -2.25. The van der Waals surface area contributed by atoms with E-state index < -0.39 is 0 Å². The van der Waals surface area contributed by atoms with Crippen LogP contribution in [0.4, 0.5) is 0 Å². The molecule has 0 aromatic carbocycles. The molecule has 3 rings (SSSR count). The minimum atomic E-state index is 0.419. The fraction of sp³-hybridized carbons (Fsp3) is 0.462. The average molecular weight is 264 g/mol. The van der Waals surface area contributed by atoms with E-state index in [0.717, 1.165) is 18.5 Å². The summed E-state index contributed by atoms with van der Waals surface area (Å²) in [6.07, 6.45) is 4.72. The Bertz CT molecular complexity index is 467. The highest BCUT2D eigenvalue weighted by molar-refractivity contribution is 7.14. The van der Waals surface area contributed by atoms with Crippen molar-refractivity contribution in [2.45, 2.75) is 37.6 Å². The standard InChI is InChI=1S/C13H16N2S2/c14-10-5-3-9(4-6-10)13-15-11(8-17-13)12-2-1-7-16-12/h1-2,7-10H,3-6,14H2. The van der Waals surface area contributed by atoms with Crippen molar-refractivity contribution in [1.29, 1.82) is 0 Å². The summed E-state index contributed by atoms with van der Waals surface area (Å²) >= 11 is 3.57. The predicted octanol–water partition coefficient (Wildman–Crippen LogP) is 3.86. The van der Waals surface area contributed by atoms with Gasteiger partial charge in [-0.25, -0.2) is 4.98 Å². The number of nitrogens with two attached hydrogens (primary N) is 1. The summed E-state index contributed by atoms with van der Waals surface area (Å²) in [5.41, 5.74) is 7.09. The zero-order chi connectivity index (χ0) is 11.7. The van der Waals surface area contributed by atoms with Crippen LogP contribution >= 0.6 is 22.7 Å². The van der Waals surface area contributed by atoms with Gasteiger partial charge < -0.3 is 5.73 Å². The van der Waals surface area contributed by atoms with E-state index in [1.807, 2.05) is 11.3 Å². The van der Waals surface area contributed by atoms with Crippen molar-refractivity contribution in [2.24, 2.45) is 5.73 Å². The molecule has 2 aromatic heterocycles. The van der Waals surface area contributed by atoms with Crippen LogP contribution in [0.1, 0.15) is 36.6 Å². The molecule has 2 heterocycles. The summed E-state index contributed by atoms with van der Waals surface area (Å²) in [6.45, 7) is 0. The molecule has 1 aliphatic carbocycles. The molecule has 0 atom stereocenters. The van der Waals surface area contributed by atoms with Gasteiger partial charge in [0.15, 0.2) is 0 Å². The monoisotopic (exact) mass is 264 g/mol. The normalized spacial score (nSPS) is 25.0. The van der Waals surface area contributed by atoms with Gasteiger partial charge in [0.05, 0.1) is 15.6 Å². The first-order valence-corrected chi connectivity index (χ1v) is 7.84. The maximum Gasteiger partial charge on any atom is 0.0963 e. The molecule has 0 spiro atoms. The average Bonchev–Trinajstić information content (AvgIpc) is 3.00. The van der Waals surface area contributed by atoms with Crippen molar-refractivity contribution in [2.75, 3.05) is 0 Å². The Labute approximate surface area is 110 Å². The second-order valence-electron chi connectivity index (χ2n) is 4.66.